The number of benzene rings is 1. The van der Waals surface area contributed by atoms with E-state index in [-0.39, 0.29) is 36.9 Å². The smallest absolute Gasteiger partial charge is 0.410 e. The van der Waals surface area contributed by atoms with Gasteiger partial charge in [-0.1, -0.05) is 30.3 Å². The van der Waals surface area contributed by atoms with Gasteiger partial charge in [-0.3, -0.25) is 4.79 Å². The first-order valence-corrected chi connectivity index (χ1v) is 8.36. The van der Waals surface area contributed by atoms with Gasteiger partial charge >= 0.3 is 12.1 Å². The van der Waals surface area contributed by atoms with Crippen molar-refractivity contribution in [2.75, 3.05) is 19.7 Å². The van der Waals surface area contributed by atoms with Crippen LogP contribution in [0.3, 0.4) is 0 Å². The maximum atomic E-state index is 14.3. The van der Waals surface area contributed by atoms with Crippen LogP contribution in [-0.2, 0) is 20.9 Å². The molecule has 0 aromatic heterocycles. The Bertz CT molecular complexity index is 594. The van der Waals surface area contributed by atoms with E-state index in [9.17, 15) is 14.0 Å². The second-order valence-corrected chi connectivity index (χ2v) is 6.38. The van der Waals surface area contributed by atoms with Crippen LogP contribution in [-0.4, -0.2) is 42.8 Å². The summed E-state index contributed by atoms with van der Waals surface area (Å²) in [5, 5.41) is 0. The summed E-state index contributed by atoms with van der Waals surface area (Å²) in [5.41, 5.74) is 0.892. The molecule has 6 heteroatoms. The monoisotopic (exact) mass is 335 g/mol. The molecule has 0 spiro atoms. The molecule has 5 nitrogen and oxygen atoms in total. The molecule has 4 atom stereocenters. The number of ether oxygens (including phenoxy) is 2. The predicted molar refractivity (Wildman–Crippen MR) is 84.8 cm³/mol. The van der Waals surface area contributed by atoms with Gasteiger partial charge in [0.2, 0.25) is 0 Å². The van der Waals surface area contributed by atoms with Gasteiger partial charge in [-0.05, 0) is 24.8 Å². The second-order valence-electron chi connectivity index (χ2n) is 6.38. The molecule has 1 amide bonds. The SMILES string of the molecule is CCOC(=O)C1CC1C1CN(C(=O)OCc2ccccc2)CC1F. The minimum Gasteiger partial charge on any atom is -0.466 e. The lowest BCUT2D eigenvalue weighted by Crippen LogP contribution is -2.30. The van der Waals surface area contributed by atoms with Gasteiger partial charge in [-0.15, -0.1) is 0 Å². The van der Waals surface area contributed by atoms with Crippen LogP contribution in [0.1, 0.15) is 18.9 Å². The van der Waals surface area contributed by atoms with Crippen LogP contribution in [0.5, 0.6) is 0 Å². The summed E-state index contributed by atoms with van der Waals surface area (Å²) >= 11 is 0. The summed E-state index contributed by atoms with van der Waals surface area (Å²) in [7, 11) is 0. The molecular formula is C18H22FNO4. The molecule has 0 radical (unpaired) electrons. The normalized spacial score (nSPS) is 28.5. The van der Waals surface area contributed by atoms with E-state index in [4.69, 9.17) is 9.47 Å². The van der Waals surface area contributed by atoms with Crippen molar-refractivity contribution in [3.05, 3.63) is 35.9 Å². The van der Waals surface area contributed by atoms with E-state index in [2.05, 4.69) is 0 Å². The molecule has 3 rings (SSSR count). The number of esters is 1. The van der Waals surface area contributed by atoms with Gasteiger partial charge in [0.15, 0.2) is 0 Å². The Morgan fingerprint density at radius 1 is 1.17 bits per heavy atom. The maximum absolute atomic E-state index is 14.3. The van der Waals surface area contributed by atoms with Crippen molar-refractivity contribution in [3.8, 4) is 0 Å². The van der Waals surface area contributed by atoms with Crippen LogP contribution in [0.25, 0.3) is 0 Å². The third kappa shape index (κ3) is 3.68. The van der Waals surface area contributed by atoms with Crippen LogP contribution in [0.15, 0.2) is 30.3 Å². The van der Waals surface area contributed by atoms with Crippen molar-refractivity contribution in [1.29, 1.82) is 0 Å². The Hall–Kier alpha value is -2.11. The summed E-state index contributed by atoms with van der Waals surface area (Å²) < 4.78 is 24.5. The topological polar surface area (TPSA) is 55.8 Å². The van der Waals surface area contributed by atoms with Gasteiger partial charge in [0, 0.05) is 12.5 Å². The Morgan fingerprint density at radius 2 is 1.92 bits per heavy atom. The number of amides is 1. The molecule has 1 heterocycles. The largest absolute Gasteiger partial charge is 0.466 e. The molecule has 1 saturated heterocycles. The molecule has 2 fully saturated rings. The molecule has 130 valence electrons. The molecule has 0 N–H and O–H groups in total. The molecule has 2 aliphatic rings. The molecule has 1 aliphatic carbocycles. The lowest BCUT2D eigenvalue weighted by molar-refractivity contribution is -0.145. The standard InChI is InChI=1S/C18H22FNO4/c1-2-23-17(21)14-8-13(14)15-9-20(10-16(15)19)18(22)24-11-12-6-4-3-5-7-12/h3-7,13-16H,2,8-11H2,1H3. The van der Waals surface area contributed by atoms with Crippen LogP contribution >= 0.6 is 0 Å². The number of nitrogens with zero attached hydrogens (tertiary/aromatic N) is 1. The zero-order valence-corrected chi connectivity index (χ0v) is 13.7. The van der Waals surface area contributed by atoms with E-state index in [1.54, 1.807) is 6.92 Å². The van der Waals surface area contributed by atoms with Gasteiger partial charge in [-0.2, -0.15) is 0 Å². The van der Waals surface area contributed by atoms with Gasteiger partial charge in [0.25, 0.3) is 0 Å². The maximum Gasteiger partial charge on any atom is 0.410 e. The number of alkyl halides is 1. The predicted octanol–water partition coefficient (Wildman–Crippen LogP) is 2.79. The number of carbonyl (C=O) groups excluding carboxylic acids is 2. The third-order valence-electron chi connectivity index (χ3n) is 4.73. The van der Waals surface area contributed by atoms with Crippen LogP contribution < -0.4 is 0 Å². The number of halogens is 1. The zero-order valence-electron chi connectivity index (χ0n) is 13.7. The first-order valence-electron chi connectivity index (χ1n) is 8.36. The fourth-order valence-electron chi connectivity index (χ4n) is 3.36. The average Bonchev–Trinajstić information content (AvgIpc) is 3.29. The number of hydrogen-bond donors (Lipinski definition) is 0. The van der Waals surface area contributed by atoms with Crippen molar-refractivity contribution in [3.63, 3.8) is 0 Å². The molecule has 1 aromatic rings. The highest BCUT2D eigenvalue weighted by Gasteiger charge is 2.54. The van der Waals surface area contributed by atoms with E-state index in [1.165, 1.54) is 4.90 Å². The first kappa shape index (κ1) is 16.7. The highest BCUT2D eigenvalue weighted by molar-refractivity contribution is 5.76. The van der Waals surface area contributed by atoms with Crippen molar-refractivity contribution >= 4 is 12.1 Å². The average molecular weight is 335 g/mol. The van der Waals surface area contributed by atoms with E-state index in [0.717, 1.165) is 5.56 Å². The van der Waals surface area contributed by atoms with E-state index < -0.39 is 12.3 Å². The van der Waals surface area contributed by atoms with Crippen molar-refractivity contribution in [2.24, 2.45) is 17.8 Å². The number of hydrogen-bond acceptors (Lipinski definition) is 4. The molecule has 4 unspecified atom stereocenters. The minimum atomic E-state index is -1.11. The van der Waals surface area contributed by atoms with Crippen molar-refractivity contribution < 1.29 is 23.5 Å². The zero-order chi connectivity index (χ0) is 17.1. The Morgan fingerprint density at radius 3 is 2.62 bits per heavy atom. The molecule has 0 bridgehead atoms. The fraction of sp³-hybridized carbons (Fsp3) is 0.556. The number of carbonyl (C=O) groups is 2. The summed E-state index contributed by atoms with van der Waals surface area (Å²) in [6.07, 6.45) is -0.965. The molecule has 1 aromatic carbocycles. The summed E-state index contributed by atoms with van der Waals surface area (Å²) in [6, 6.07) is 9.36. The van der Waals surface area contributed by atoms with Crippen molar-refractivity contribution in [1.82, 2.24) is 4.90 Å². The molecule has 24 heavy (non-hydrogen) atoms. The third-order valence-corrected chi connectivity index (χ3v) is 4.73. The lowest BCUT2D eigenvalue weighted by atomic mass is 10.00. The van der Waals surface area contributed by atoms with Crippen LogP contribution in [0, 0.1) is 17.8 Å². The molecular weight excluding hydrogens is 313 g/mol. The first-order chi connectivity index (χ1) is 11.6. The number of rotatable bonds is 5. The number of likely N-dealkylation sites (tertiary alicyclic amines) is 1. The van der Waals surface area contributed by atoms with Gasteiger partial charge < -0.3 is 14.4 Å². The van der Waals surface area contributed by atoms with Crippen LogP contribution in [0.4, 0.5) is 9.18 Å². The lowest BCUT2D eigenvalue weighted by Gasteiger charge is -2.16. The molecule has 1 saturated carbocycles. The summed E-state index contributed by atoms with van der Waals surface area (Å²) in [6.45, 7) is 2.60. The Labute approximate surface area is 140 Å². The second kappa shape index (κ2) is 7.20. The van der Waals surface area contributed by atoms with E-state index in [0.29, 0.717) is 19.6 Å². The van der Waals surface area contributed by atoms with Crippen LogP contribution in [0.2, 0.25) is 0 Å². The van der Waals surface area contributed by atoms with Crippen molar-refractivity contribution in [2.45, 2.75) is 26.1 Å². The van der Waals surface area contributed by atoms with Gasteiger partial charge in [0.05, 0.1) is 19.1 Å². The quantitative estimate of drug-likeness (QED) is 0.777. The van der Waals surface area contributed by atoms with E-state index >= 15 is 0 Å². The Balaban J connectivity index is 1.49. The van der Waals surface area contributed by atoms with Gasteiger partial charge in [-0.25, -0.2) is 9.18 Å². The summed E-state index contributed by atoms with van der Waals surface area (Å²) in [5.74, 6) is -0.789. The van der Waals surface area contributed by atoms with E-state index in [1.807, 2.05) is 30.3 Å². The summed E-state index contributed by atoms with van der Waals surface area (Å²) in [4.78, 5) is 25.2. The fourth-order valence-corrected chi connectivity index (χ4v) is 3.36. The highest BCUT2D eigenvalue weighted by Crippen LogP contribution is 2.49. The van der Waals surface area contributed by atoms with Gasteiger partial charge in [0.1, 0.15) is 12.8 Å². The Kier molecular flexibility index (Phi) is 5.02. The minimum absolute atomic E-state index is 0.0222. The molecule has 1 aliphatic heterocycles. The highest BCUT2D eigenvalue weighted by atomic mass is 19.1.